The summed E-state index contributed by atoms with van der Waals surface area (Å²) in [4.78, 5) is 5.14. The van der Waals surface area contributed by atoms with Gasteiger partial charge in [0.15, 0.2) is 0 Å². The van der Waals surface area contributed by atoms with E-state index in [9.17, 15) is 8.42 Å². The van der Waals surface area contributed by atoms with Crippen LogP contribution in [0.2, 0.25) is 10.0 Å². The Hall–Kier alpha value is -0.180. The average molecular weight is 430 g/mol. The number of halogens is 3. The molecular weight excluding hydrogens is 419 g/mol. The number of rotatable bonds is 5. The van der Waals surface area contributed by atoms with Crippen molar-refractivity contribution in [3.8, 4) is 0 Å². The third kappa shape index (κ3) is 4.18. The molecular formula is C12H11BrCl2N2O2S2. The smallest absolute Gasteiger partial charge is 0.243 e. The second-order valence-electron chi connectivity index (χ2n) is 4.10. The molecule has 4 nitrogen and oxygen atoms in total. The number of aromatic nitrogens is 1. The lowest BCUT2D eigenvalue weighted by Crippen LogP contribution is -2.23. The van der Waals surface area contributed by atoms with Crippen LogP contribution in [0, 0.1) is 0 Å². The van der Waals surface area contributed by atoms with Gasteiger partial charge < -0.3 is 0 Å². The molecule has 0 amide bonds. The van der Waals surface area contributed by atoms with Crippen LogP contribution in [-0.4, -0.2) is 13.4 Å². The number of aryl methyl sites for hydroxylation is 1. The maximum atomic E-state index is 12.3. The van der Waals surface area contributed by atoms with E-state index in [4.69, 9.17) is 23.2 Å². The molecule has 21 heavy (non-hydrogen) atoms. The summed E-state index contributed by atoms with van der Waals surface area (Å²) in [6, 6.07) is 2.97. The van der Waals surface area contributed by atoms with E-state index in [0.717, 1.165) is 11.3 Å². The molecule has 0 aliphatic rings. The van der Waals surface area contributed by atoms with Crippen LogP contribution in [-0.2, 0) is 23.0 Å². The Morgan fingerprint density at radius 1 is 1.33 bits per heavy atom. The summed E-state index contributed by atoms with van der Waals surface area (Å²) >= 11 is 16.6. The van der Waals surface area contributed by atoms with Gasteiger partial charge in [0.2, 0.25) is 10.0 Å². The van der Waals surface area contributed by atoms with Gasteiger partial charge in [0.25, 0.3) is 0 Å². The Kier molecular flexibility index (Phi) is 5.67. The summed E-state index contributed by atoms with van der Waals surface area (Å²) in [5.74, 6) is 0. The second-order valence-corrected chi connectivity index (χ2v) is 8.73. The van der Waals surface area contributed by atoms with Crippen molar-refractivity contribution in [1.82, 2.24) is 9.71 Å². The van der Waals surface area contributed by atoms with E-state index in [1.807, 2.05) is 6.92 Å². The maximum Gasteiger partial charge on any atom is 0.243 e. The summed E-state index contributed by atoms with van der Waals surface area (Å²) in [7, 11) is -3.80. The molecule has 0 aliphatic heterocycles. The number of benzene rings is 1. The zero-order chi connectivity index (χ0) is 15.6. The molecule has 0 fully saturated rings. The van der Waals surface area contributed by atoms with Crippen molar-refractivity contribution in [2.24, 2.45) is 0 Å². The van der Waals surface area contributed by atoms with Crippen molar-refractivity contribution >= 4 is 60.5 Å². The second kappa shape index (κ2) is 6.93. The predicted molar refractivity (Wildman–Crippen MR) is 89.7 cm³/mol. The van der Waals surface area contributed by atoms with E-state index < -0.39 is 10.0 Å². The third-order valence-electron chi connectivity index (χ3n) is 2.60. The summed E-state index contributed by atoms with van der Waals surface area (Å²) < 4.78 is 27.7. The van der Waals surface area contributed by atoms with Crippen LogP contribution in [0.15, 0.2) is 27.7 Å². The normalized spacial score (nSPS) is 11.8. The SMILES string of the molecule is CCc1cnc(CNS(=O)(=O)c2c(Cl)cc(Br)cc2Cl)s1. The minimum absolute atomic E-state index is 0.0651. The van der Waals surface area contributed by atoms with Crippen molar-refractivity contribution in [2.75, 3.05) is 0 Å². The van der Waals surface area contributed by atoms with E-state index in [1.54, 1.807) is 6.20 Å². The Bertz CT molecular complexity index is 739. The molecule has 0 saturated carbocycles. The van der Waals surface area contributed by atoms with Crippen LogP contribution >= 0.6 is 50.5 Å². The van der Waals surface area contributed by atoms with Crippen LogP contribution < -0.4 is 4.72 Å². The largest absolute Gasteiger partial charge is 0.248 e. The van der Waals surface area contributed by atoms with Gasteiger partial charge in [0.1, 0.15) is 9.90 Å². The highest BCUT2D eigenvalue weighted by Crippen LogP contribution is 2.32. The van der Waals surface area contributed by atoms with Crippen LogP contribution in [0.4, 0.5) is 0 Å². The minimum atomic E-state index is -3.80. The number of sulfonamides is 1. The van der Waals surface area contributed by atoms with Crippen LogP contribution in [0.3, 0.4) is 0 Å². The van der Waals surface area contributed by atoms with Crippen LogP contribution in [0.1, 0.15) is 16.8 Å². The fourth-order valence-corrected chi connectivity index (χ4v) is 5.42. The first kappa shape index (κ1) is 17.2. The Morgan fingerprint density at radius 2 is 1.95 bits per heavy atom. The van der Waals surface area contributed by atoms with Crippen LogP contribution in [0.25, 0.3) is 0 Å². The van der Waals surface area contributed by atoms with E-state index in [-0.39, 0.29) is 21.5 Å². The van der Waals surface area contributed by atoms with Crippen molar-refractivity contribution in [3.05, 3.63) is 42.7 Å². The molecule has 1 N–H and O–H groups in total. The predicted octanol–water partition coefficient (Wildman–Crippen LogP) is 4.25. The fourth-order valence-electron chi connectivity index (χ4n) is 1.61. The van der Waals surface area contributed by atoms with Crippen LogP contribution in [0.5, 0.6) is 0 Å². The highest BCUT2D eigenvalue weighted by atomic mass is 79.9. The van der Waals surface area contributed by atoms with E-state index in [1.165, 1.54) is 23.5 Å². The van der Waals surface area contributed by atoms with Crippen molar-refractivity contribution in [1.29, 1.82) is 0 Å². The first-order chi connectivity index (χ1) is 9.83. The summed E-state index contributed by atoms with van der Waals surface area (Å²) in [5, 5.41) is 0.824. The van der Waals surface area contributed by atoms with E-state index >= 15 is 0 Å². The number of hydrogen-bond acceptors (Lipinski definition) is 4. The van der Waals surface area contributed by atoms with Gasteiger partial charge in [0.05, 0.1) is 16.6 Å². The van der Waals surface area contributed by atoms with Gasteiger partial charge in [-0.2, -0.15) is 0 Å². The molecule has 1 heterocycles. The molecule has 0 spiro atoms. The molecule has 2 aromatic rings. The molecule has 0 unspecified atom stereocenters. The van der Waals surface area contributed by atoms with Crippen molar-refractivity contribution in [3.63, 3.8) is 0 Å². The molecule has 114 valence electrons. The molecule has 0 radical (unpaired) electrons. The molecule has 0 aliphatic carbocycles. The molecule has 1 aromatic carbocycles. The monoisotopic (exact) mass is 428 g/mol. The molecule has 0 bridgehead atoms. The lowest BCUT2D eigenvalue weighted by atomic mass is 10.4. The Labute approximate surface area is 145 Å². The molecule has 0 atom stereocenters. The topological polar surface area (TPSA) is 59.1 Å². The third-order valence-corrected chi connectivity index (χ3v) is 6.52. The lowest BCUT2D eigenvalue weighted by Gasteiger charge is -2.09. The first-order valence-corrected chi connectivity index (χ1v) is 9.76. The quantitative estimate of drug-likeness (QED) is 0.772. The Morgan fingerprint density at radius 3 is 2.48 bits per heavy atom. The van der Waals surface area contributed by atoms with Gasteiger partial charge in [-0.15, -0.1) is 11.3 Å². The highest BCUT2D eigenvalue weighted by Gasteiger charge is 2.22. The van der Waals surface area contributed by atoms with E-state index in [2.05, 4.69) is 25.6 Å². The van der Waals surface area contributed by atoms with Gasteiger partial charge in [-0.3, -0.25) is 0 Å². The number of nitrogens with one attached hydrogen (secondary N) is 1. The molecule has 1 aromatic heterocycles. The minimum Gasteiger partial charge on any atom is -0.248 e. The maximum absolute atomic E-state index is 12.3. The van der Waals surface area contributed by atoms with Gasteiger partial charge in [-0.05, 0) is 18.6 Å². The molecule has 2 rings (SSSR count). The van der Waals surface area contributed by atoms with Gasteiger partial charge in [-0.1, -0.05) is 46.1 Å². The standard InChI is InChI=1S/C12H11BrCl2N2O2S2/c1-2-8-5-16-11(20-8)6-17-21(18,19)12-9(14)3-7(13)4-10(12)15/h3-5,17H,2,6H2,1H3. The first-order valence-electron chi connectivity index (χ1n) is 5.91. The van der Waals surface area contributed by atoms with Crippen molar-refractivity contribution in [2.45, 2.75) is 24.8 Å². The Balaban J connectivity index is 2.23. The summed E-state index contributed by atoms with van der Waals surface area (Å²) in [6.45, 7) is 2.12. The summed E-state index contributed by atoms with van der Waals surface area (Å²) in [6.07, 6.45) is 2.61. The number of thiazole rings is 1. The zero-order valence-electron chi connectivity index (χ0n) is 10.9. The molecule has 9 heteroatoms. The highest BCUT2D eigenvalue weighted by molar-refractivity contribution is 9.10. The zero-order valence-corrected chi connectivity index (χ0v) is 15.6. The lowest BCUT2D eigenvalue weighted by molar-refractivity contribution is 0.581. The average Bonchev–Trinajstić information content (AvgIpc) is 2.82. The van der Waals surface area contributed by atoms with Gasteiger partial charge in [0, 0.05) is 15.5 Å². The van der Waals surface area contributed by atoms with Gasteiger partial charge in [-0.25, -0.2) is 18.1 Å². The summed E-state index contributed by atoms with van der Waals surface area (Å²) in [5.41, 5.74) is 0. The van der Waals surface area contributed by atoms with E-state index in [0.29, 0.717) is 9.48 Å². The fraction of sp³-hybridized carbons (Fsp3) is 0.250. The van der Waals surface area contributed by atoms with Crippen molar-refractivity contribution < 1.29 is 8.42 Å². The number of nitrogens with zero attached hydrogens (tertiary/aromatic N) is 1. The molecule has 0 saturated heterocycles. The number of hydrogen-bond donors (Lipinski definition) is 1. The van der Waals surface area contributed by atoms with Gasteiger partial charge >= 0.3 is 0 Å².